The van der Waals surface area contributed by atoms with Crippen molar-refractivity contribution in [3.8, 4) is 0 Å². The molecule has 0 saturated carbocycles. The number of benzene rings is 1. The van der Waals surface area contributed by atoms with Crippen LogP contribution in [0.1, 0.15) is 18.4 Å². The van der Waals surface area contributed by atoms with E-state index in [4.69, 9.17) is 15.6 Å². The van der Waals surface area contributed by atoms with Gasteiger partial charge in [0.15, 0.2) is 0 Å². The summed E-state index contributed by atoms with van der Waals surface area (Å²) in [6.07, 6.45) is -0.940. The second-order valence-corrected chi connectivity index (χ2v) is 4.51. The van der Waals surface area contributed by atoms with Gasteiger partial charge in [-0.1, -0.05) is 30.3 Å². The van der Waals surface area contributed by atoms with Crippen molar-refractivity contribution in [2.24, 2.45) is 5.73 Å². The molecule has 0 aliphatic rings. The summed E-state index contributed by atoms with van der Waals surface area (Å²) in [6.45, 7) is 0.0478. The number of rotatable bonds is 7. The molecule has 3 N–H and O–H groups in total. The lowest BCUT2D eigenvalue weighted by Gasteiger charge is -2.23. The molecule has 0 unspecified atom stereocenters. The van der Waals surface area contributed by atoms with Crippen molar-refractivity contribution in [1.82, 2.24) is 4.90 Å². The number of carboxylic acid groups (broad SMARTS) is 1. The van der Waals surface area contributed by atoms with Gasteiger partial charge in [0.1, 0.15) is 12.6 Å². The molecule has 7 nitrogen and oxygen atoms in total. The van der Waals surface area contributed by atoms with Gasteiger partial charge >= 0.3 is 12.1 Å². The number of amides is 2. The van der Waals surface area contributed by atoms with E-state index in [2.05, 4.69) is 0 Å². The zero-order chi connectivity index (χ0) is 15.8. The lowest BCUT2D eigenvalue weighted by Crippen LogP contribution is -2.43. The highest BCUT2D eigenvalue weighted by atomic mass is 16.6. The molecule has 0 radical (unpaired) electrons. The van der Waals surface area contributed by atoms with Crippen LogP contribution in [0.15, 0.2) is 30.3 Å². The van der Waals surface area contributed by atoms with Crippen LogP contribution in [0.3, 0.4) is 0 Å². The van der Waals surface area contributed by atoms with Crippen molar-refractivity contribution >= 4 is 18.0 Å². The predicted molar refractivity (Wildman–Crippen MR) is 74.2 cm³/mol. The smallest absolute Gasteiger partial charge is 0.410 e. The molecule has 2 amide bonds. The summed E-state index contributed by atoms with van der Waals surface area (Å²) >= 11 is 0. The summed E-state index contributed by atoms with van der Waals surface area (Å²) in [5.41, 5.74) is 5.78. The summed E-state index contributed by atoms with van der Waals surface area (Å²) in [4.78, 5) is 34.6. The molecule has 0 saturated heterocycles. The molecule has 0 aromatic heterocycles. The topological polar surface area (TPSA) is 110 Å². The van der Waals surface area contributed by atoms with Crippen molar-refractivity contribution in [3.05, 3.63) is 35.9 Å². The average molecular weight is 294 g/mol. The highest BCUT2D eigenvalue weighted by Crippen LogP contribution is 2.09. The Morgan fingerprint density at radius 3 is 2.43 bits per heavy atom. The molecule has 1 rings (SSSR count). The van der Waals surface area contributed by atoms with E-state index < -0.39 is 24.0 Å². The number of likely N-dealkylation sites (N-methyl/N-ethyl adjacent to an activating group) is 1. The third-order valence-electron chi connectivity index (χ3n) is 2.91. The Balaban J connectivity index is 2.57. The predicted octanol–water partition coefficient (Wildman–Crippen LogP) is 0.974. The largest absolute Gasteiger partial charge is 0.480 e. The quantitative estimate of drug-likeness (QED) is 0.778. The van der Waals surface area contributed by atoms with Gasteiger partial charge in [0.05, 0.1) is 0 Å². The Morgan fingerprint density at radius 1 is 1.29 bits per heavy atom. The Hall–Kier alpha value is -2.57. The van der Waals surface area contributed by atoms with Crippen LogP contribution in [-0.4, -0.2) is 41.1 Å². The minimum Gasteiger partial charge on any atom is -0.480 e. The number of carbonyl (C=O) groups excluding carboxylic acids is 2. The number of nitrogens with two attached hydrogens (primary N) is 1. The molecule has 0 bridgehead atoms. The molecule has 0 aliphatic heterocycles. The standard InChI is InChI=1S/C14H18N2O5/c1-16(11(13(18)19)7-8-12(15)17)14(20)21-9-10-5-3-2-4-6-10/h2-6,11H,7-9H2,1H3,(H2,15,17)(H,18,19)/t11-/m0/s1. The van der Waals surface area contributed by atoms with E-state index in [0.29, 0.717) is 0 Å². The van der Waals surface area contributed by atoms with Gasteiger partial charge < -0.3 is 15.6 Å². The van der Waals surface area contributed by atoms with Crippen molar-refractivity contribution in [2.75, 3.05) is 7.05 Å². The fourth-order valence-electron chi connectivity index (χ4n) is 1.71. The molecular formula is C14H18N2O5. The van der Waals surface area contributed by atoms with Crippen LogP contribution >= 0.6 is 0 Å². The molecule has 7 heteroatoms. The van der Waals surface area contributed by atoms with E-state index in [-0.39, 0.29) is 19.4 Å². The van der Waals surface area contributed by atoms with Crippen LogP contribution in [0.5, 0.6) is 0 Å². The maximum Gasteiger partial charge on any atom is 0.410 e. The van der Waals surface area contributed by atoms with E-state index in [1.807, 2.05) is 6.07 Å². The average Bonchev–Trinajstić information content (AvgIpc) is 2.45. The maximum atomic E-state index is 11.8. The molecule has 21 heavy (non-hydrogen) atoms. The molecule has 0 spiro atoms. The number of ether oxygens (including phenoxy) is 1. The summed E-state index contributed by atoms with van der Waals surface area (Å²) < 4.78 is 5.04. The third kappa shape index (κ3) is 5.52. The van der Waals surface area contributed by atoms with Crippen LogP contribution < -0.4 is 5.73 Å². The van der Waals surface area contributed by atoms with Crippen LogP contribution in [0.4, 0.5) is 4.79 Å². The van der Waals surface area contributed by atoms with Gasteiger partial charge in [0, 0.05) is 13.5 Å². The van der Waals surface area contributed by atoms with E-state index >= 15 is 0 Å². The van der Waals surface area contributed by atoms with E-state index in [1.165, 1.54) is 7.05 Å². The first-order valence-electron chi connectivity index (χ1n) is 6.36. The lowest BCUT2D eigenvalue weighted by atomic mass is 10.1. The number of hydrogen-bond acceptors (Lipinski definition) is 4. The first-order chi connectivity index (χ1) is 9.91. The van der Waals surface area contributed by atoms with Gasteiger partial charge in [-0.25, -0.2) is 9.59 Å². The second-order valence-electron chi connectivity index (χ2n) is 4.51. The zero-order valence-electron chi connectivity index (χ0n) is 11.7. The zero-order valence-corrected chi connectivity index (χ0v) is 11.7. The number of carbonyl (C=O) groups is 3. The number of carboxylic acids is 1. The van der Waals surface area contributed by atoms with Gasteiger partial charge in [0.2, 0.25) is 5.91 Å². The molecule has 114 valence electrons. The summed E-state index contributed by atoms with van der Waals surface area (Å²) in [6, 6.07) is 7.87. The number of nitrogens with zero attached hydrogens (tertiary/aromatic N) is 1. The van der Waals surface area contributed by atoms with Crippen molar-refractivity contribution in [1.29, 1.82) is 0 Å². The van der Waals surface area contributed by atoms with Crippen LogP contribution in [0.25, 0.3) is 0 Å². The van der Waals surface area contributed by atoms with Gasteiger partial charge in [-0.2, -0.15) is 0 Å². The summed E-state index contributed by atoms with van der Waals surface area (Å²) in [5.74, 6) is -1.83. The summed E-state index contributed by atoms with van der Waals surface area (Å²) in [5, 5.41) is 9.09. The first-order valence-corrected chi connectivity index (χ1v) is 6.36. The van der Waals surface area contributed by atoms with Crippen molar-refractivity contribution in [2.45, 2.75) is 25.5 Å². The minimum absolute atomic E-state index is 0.0478. The van der Waals surface area contributed by atoms with E-state index in [0.717, 1.165) is 10.5 Å². The van der Waals surface area contributed by atoms with Gasteiger partial charge in [-0.3, -0.25) is 9.69 Å². The van der Waals surface area contributed by atoms with E-state index in [9.17, 15) is 14.4 Å². The van der Waals surface area contributed by atoms with Crippen molar-refractivity contribution in [3.63, 3.8) is 0 Å². The fourth-order valence-corrected chi connectivity index (χ4v) is 1.71. The Morgan fingerprint density at radius 2 is 1.90 bits per heavy atom. The highest BCUT2D eigenvalue weighted by Gasteiger charge is 2.27. The third-order valence-corrected chi connectivity index (χ3v) is 2.91. The molecular weight excluding hydrogens is 276 g/mol. The van der Waals surface area contributed by atoms with Crippen LogP contribution in [0, 0.1) is 0 Å². The van der Waals surface area contributed by atoms with Crippen LogP contribution in [-0.2, 0) is 20.9 Å². The van der Waals surface area contributed by atoms with Gasteiger partial charge in [-0.15, -0.1) is 0 Å². The van der Waals surface area contributed by atoms with Gasteiger partial charge in [-0.05, 0) is 12.0 Å². The number of primary amides is 1. The fraction of sp³-hybridized carbons (Fsp3) is 0.357. The number of hydrogen-bond donors (Lipinski definition) is 2. The SMILES string of the molecule is CN(C(=O)OCc1ccccc1)[C@@H](CCC(N)=O)C(=O)O. The molecule has 0 fully saturated rings. The highest BCUT2D eigenvalue weighted by molar-refractivity contribution is 5.81. The second kappa shape index (κ2) is 7.88. The maximum absolute atomic E-state index is 11.8. The first kappa shape index (κ1) is 16.5. The molecule has 0 heterocycles. The molecule has 0 aliphatic carbocycles. The van der Waals surface area contributed by atoms with Crippen molar-refractivity contribution < 1.29 is 24.2 Å². The Kier molecular flexibility index (Phi) is 6.19. The lowest BCUT2D eigenvalue weighted by molar-refractivity contribution is -0.142. The van der Waals surface area contributed by atoms with Gasteiger partial charge in [0.25, 0.3) is 0 Å². The number of aliphatic carboxylic acids is 1. The Labute approximate surface area is 122 Å². The Bertz CT molecular complexity index is 503. The molecule has 1 aromatic carbocycles. The molecule has 1 atom stereocenters. The normalized spacial score (nSPS) is 11.5. The minimum atomic E-state index is -1.21. The van der Waals surface area contributed by atoms with E-state index in [1.54, 1.807) is 24.3 Å². The molecule has 1 aromatic rings. The monoisotopic (exact) mass is 294 g/mol. The van der Waals surface area contributed by atoms with Crippen LogP contribution in [0.2, 0.25) is 0 Å². The summed E-state index contributed by atoms with van der Waals surface area (Å²) in [7, 11) is 1.31.